The number of rotatable bonds is 2. The number of amides is 1. The Labute approximate surface area is 139 Å². The van der Waals surface area contributed by atoms with E-state index in [0.29, 0.717) is 11.1 Å². The van der Waals surface area contributed by atoms with Gasteiger partial charge in [0.15, 0.2) is 6.17 Å². The lowest BCUT2D eigenvalue weighted by atomic mass is 10.2. The summed E-state index contributed by atoms with van der Waals surface area (Å²) >= 11 is 0. The monoisotopic (exact) mass is 365 g/mol. The van der Waals surface area contributed by atoms with Crippen LogP contribution < -0.4 is 11.2 Å². The van der Waals surface area contributed by atoms with Gasteiger partial charge in [0.05, 0.1) is 18.8 Å². The molecule has 2 rings (SSSR count). The number of halogens is 3. The molecule has 1 aliphatic heterocycles. The van der Waals surface area contributed by atoms with Crippen LogP contribution in [0.4, 0.5) is 18.0 Å². The highest BCUT2D eigenvalue weighted by molar-refractivity contribution is 5.69. The average Bonchev–Trinajstić information content (AvgIpc) is 2.72. The zero-order chi connectivity index (χ0) is 19.2. The summed E-state index contributed by atoms with van der Waals surface area (Å²) in [7, 11) is 0. The molecule has 11 heteroatoms. The van der Waals surface area contributed by atoms with E-state index in [-0.39, 0.29) is 4.57 Å². The second-order valence-electron chi connectivity index (χ2n) is 6.71. The number of aromatic amines is 1. The Morgan fingerprint density at radius 2 is 2.04 bits per heavy atom. The van der Waals surface area contributed by atoms with Gasteiger partial charge in [-0.1, -0.05) is 0 Å². The minimum atomic E-state index is -3.67. The van der Waals surface area contributed by atoms with Gasteiger partial charge in [0.1, 0.15) is 5.60 Å². The van der Waals surface area contributed by atoms with E-state index in [9.17, 15) is 32.7 Å². The van der Waals surface area contributed by atoms with Gasteiger partial charge in [-0.15, -0.1) is 0 Å². The lowest BCUT2D eigenvalue weighted by Gasteiger charge is -2.33. The van der Waals surface area contributed by atoms with E-state index in [1.54, 1.807) is 4.98 Å². The van der Waals surface area contributed by atoms with E-state index in [2.05, 4.69) is 0 Å². The van der Waals surface area contributed by atoms with Crippen molar-refractivity contribution in [2.24, 2.45) is 0 Å². The molecule has 2 N–H and O–H groups in total. The van der Waals surface area contributed by atoms with Crippen molar-refractivity contribution < 1.29 is 27.8 Å². The summed E-state index contributed by atoms with van der Waals surface area (Å²) < 4.78 is 47.7. The van der Waals surface area contributed by atoms with Crippen molar-refractivity contribution in [3.05, 3.63) is 32.9 Å². The summed E-state index contributed by atoms with van der Waals surface area (Å²) in [4.78, 5) is 37.4. The van der Waals surface area contributed by atoms with Crippen molar-refractivity contribution in [2.45, 2.75) is 50.9 Å². The summed E-state index contributed by atoms with van der Waals surface area (Å²) in [6, 6.07) is -1.35. The second-order valence-corrected chi connectivity index (χ2v) is 6.71. The first kappa shape index (κ1) is 19.0. The molecule has 140 valence electrons. The van der Waals surface area contributed by atoms with Crippen molar-refractivity contribution in [1.29, 1.82) is 0 Å². The van der Waals surface area contributed by atoms with Gasteiger partial charge in [0.2, 0.25) is 5.82 Å². The third-order valence-corrected chi connectivity index (χ3v) is 3.55. The van der Waals surface area contributed by atoms with Gasteiger partial charge in [-0.3, -0.25) is 19.2 Å². The fraction of sp³-hybridized carbons (Fsp3) is 0.643. The van der Waals surface area contributed by atoms with Gasteiger partial charge in [-0.25, -0.2) is 18.4 Å². The number of likely N-dealkylation sites (tertiary alicyclic amines) is 1. The van der Waals surface area contributed by atoms with Gasteiger partial charge in [-0.05, 0) is 20.8 Å². The zero-order valence-electron chi connectivity index (χ0n) is 13.8. The topological polar surface area (TPSA) is 105 Å². The Morgan fingerprint density at radius 3 is 2.56 bits per heavy atom. The maximum atomic E-state index is 14.5. The number of ether oxygens (including phenoxy) is 1. The van der Waals surface area contributed by atoms with Crippen LogP contribution in [0.5, 0.6) is 0 Å². The average molecular weight is 365 g/mol. The molecular weight excluding hydrogens is 347 g/mol. The quantitative estimate of drug-likeness (QED) is 0.807. The third-order valence-electron chi connectivity index (χ3n) is 3.55. The first-order chi connectivity index (χ1) is 11.4. The number of nitrogens with one attached hydrogen (secondary N) is 1. The fourth-order valence-corrected chi connectivity index (χ4v) is 2.62. The molecule has 0 aliphatic carbocycles. The van der Waals surface area contributed by atoms with Crippen molar-refractivity contribution in [2.75, 3.05) is 6.61 Å². The molecule has 1 saturated heterocycles. The number of hydrogen-bond donors (Lipinski definition) is 2. The van der Waals surface area contributed by atoms with Gasteiger partial charge in [-0.2, -0.15) is 4.39 Å². The fourth-order valence-electron chi connectivity index (χ4n) is 2.62. The third kappa shape index (κ3) is 3.70. The van der Waals surface area contributed by atoms with E-state index >= 15 is 0 Å². The number of aliphatic hydroxyl groups is 1. The maximum Gasteiger partial charge on any atom is 0.412 e. The van der Waals surface area contributed by atoms with Crippen LogP contribution in [-0.4, -0.2) is 49.8 Å². The van der Waals surface area contributed by atoms with Gasteiger partial charge >= 0.3 is 11.8 Å². The van der Waals surface area contributed by atoms with Crippen LogP contribution in [0.15, 0.2) is 15.8 Å². The molecule has 1 aliphatic rings. The number of hydrogen-bond acceptors (Lipinski definition) is 5. The number of H-pyrrole nitrogens is 1. The van der Waals surface area contributed by atoms with E-state index in [4.69, 9.17) is 4.74 Å². The molecule has 2 heterocycles. The Kier molecular flexibility index (Phi) is 4.73. The lowest BCUT2D eigenvalue weighted by Crippen LogP contribution is -2.49. The predicted octanol–water partition coefficient (Wildman–Crippen LogP) is 0.811. The normalized spacial score (nSPS) is 22.9. The molecule has 1 amide bonds. The molecule has 2 atom stereocenters. The number of nitrogens with zero attached hydrogens (tertiary/aromatic N) is 2. The number of alkyl halides is 2. The molecule has 0 saturated carbocycles. The van der Waals surface area contributed by atoms with Crippen LogP contribution in [0.1, 0.15) is 33.4 Å². The van der Waals surface area contributed by atoms with Crippen LogP contribution in [0.2, 0.25) is 0 Å². The van der Waals surface area contributed by atoms with Crippen LogP contribution in [0, 0.1) is 5.82 Å². The highest BCUT2D eigenvalue weighted by Crippen LogP contribution is 2.44. The van der Waals surface area contributed by atoms with Crippen LogP contribution in [-0.2, 0) is 4.74 Å². The predicted molar refractivity (Wildman–Crippen MR) is 78.8 cm³/mol. The molecule has 0 spiro atoms. The summed E-state index contributed by atoms with van der Waals surface area (Å²) in [5, 5.41) is 9.35. The van der Waals surface area contributed by atoms with Gasteiger partial charge in [0, 0.05) is 6.42 Å². The largest absolute Gasteiger partial charge is 0.444 e. The molecule has 0 aromatic carbocycles. The SMILES string of the molecule is CC(C)(C)OC(=O)N1[C@H](CO)CC(F)(F)[C@H]1n1cc(F)c(=O)[nH]c1=O. The molecule has 8 nitrogen and oxygen atoms in total. The highest BCUT2D eigenvalue weighted by Gasteiger charge is 2.58. The molecule has 0 unspecified atom stereocenters. The second kappa shape index (κ2) is 6.21. The maximum absolute atomic E-state index is 14.5. The Balaban J connectivity index is 2.58. The van der Waals surface area contributed by atoms with Crippen molar-refractivity contribution in [1.82, 2.24) is 14.5 Å². The van der Waals surface area contributed by atoms with E-state index < -0.39 is 59.9 Å². The van der Waals surface area contributed by atoms with Gasteiger partial charge < -0.3 is 9.84 Å². The van der Waals surface area contributed by atoms with Crippen molar-refractivity contribution in [3.8, 4) is 0 Å². The Morgan fingerprint density at radius 1 is 1.44 bits per heavy atom. The molecule has 0 bridgehead atoms. The van der Waals surface area contributed by atoms with Crippen molar-refractivity contribution >= 4 is 6.09 Å². The molecule has 1 aromatic heterocycles. The summed E-state index contributed by atoms with van der Waals surface area (Å²) in [6.07, 6.45) is -4.11. The lowest BCUT2D eigenvalue weighted by molar-refractivity contribution is -0.0712. The van der Waals surface area contributed by atoms with E-state index in [1.165, 1.54) is 20.8 Å². The molecule has 25 heavy (non-hydrogen) atoms. The Hall–Kier alpha value is -2.30. The molecule has 0 radical (unpaired) electrons. The summed E-state index contributed by atoms with van der Waals surface area (Å²) in [6.45, 7) is 3.71. The highest BCUT2D eigenvalue weighted by atomic mass is 19.3. The van der Waals surface area contributed by atoms with E-state index in [0.717, 1.165) is 0 Å². The van der Waals surface area contributed by atoms with Crippen LogP contribution in [0.3, 0.4) is 0 Å². The minimum Gasteiger partial charge on any atom is -0.444 e. The van der Waals surface area contributed by atoms with Gasteiger partial charge in [0.25, 0.3) is 11.5 Å². The smallest absolute Gasteiger partial charge is 0.412 e. The Bertz CT molecular complexity index is 783. The number of aliphatic hydroxyl groups excluding tert-OH is 1. The molecule has 1 aromatic rings. The minimum absolute atomic E-state index is 0.219. The first-order valence-electron chi connectivity index (χ1n) is 7.38. The first-order valence-corrected chi connectivity index (χ1v) is 7.38. The number of carbonyl (C=O) groups excluding carboxylic acids is 1. The molecular formula is C14H18F3N3O5. The standard InChI is InChI=1S/C14H18F3N3O5/c1-13(2,3)25-12(24)20-7(6-21)4-14(16,17)10(20)19-5-8(15)9(22)18-11(19)23/h5,7,10,21H,4,6H2,1-3H3,(H,18,22,23)/t7-,10-/m0/s1. The number of carbonyl (C=O) groups is 1. The van der Waals surface area contributed by atoms with Crippen LogP contribution >= 0.6 is 0 Å². The summed E-state index contributed by atoms with van der Waals surface area (Å²) in [5.74, 6) is -5.13. The number of aromatic nitrogens is 2. The summed E-state index contributed by atoms with van der Waals surface area (Å²) in [5.41, 5.74) is -3.71. The van der Waals surface area contributed by atoms with Crippen molar-refractivity contribution in [3.63, 3.8) is 0 Å². The molecule has 1 fully saturated rings. The van der Waals surface area contributed by atoms with E-state index in [1.807, 2.05) is 0 Å². The zero-order valence-corrected chi connectivity index (χ0v) is 13.8. The van der Waals surface area contributed by atoms with Crippen LogP contribution in [0.25, 0.3) is 0 Å².